The van der Waals surface area contributed by atoms with E-state index in [2.05, 4.69) is 5.32 Å². The minimum atomic E-state index is -0.496. The summed E-state index contributed by atoms with van der Waals surface area (Å²) in [6, 6.07) is 1.96. The first-order chi connectivity index (χ1) is 8.73. The van der Waals surface area contributed by atoms with Gasteiger partial charge in [-0.15, -0.1) is 0 Å². The molecule has 0 spiro atoms. The van der Waals surface area contributed by atoms with Crippen LogP contribution in [0.5, 0.6) is 0 Å². The van der Waals surface area contributed by atoms with E-state index < -0.39 is 11.7 Å². The Balaban J connectivity index is 2.59. The number of aryl methyl sites for hydroxylation is 2. The van der Waals surface area contributed by atoms with Gasteiger partial charge >= 0.3 is 6.09 Å². The zero-order valence-corrected chi connectivity index (χ0v) is 12.4. The molecule has 1 aromatic heterocycles. The summed E-state index contributed by atoms with van der Waals surface area (Å²) in [5.41, 5.74) is 6.31. The van der Waals surface area contributed by atoms with E-state index in [1.54, 1.807) is 0 Å². The molecule has 1 rings (SSSR count). The van der Waals surface area contributed by atoms with Crippen LogP contribution in [0.15, 0.2) is 10.5 Å². The Morgan fingerprint density at radius 3 is 2.53 bits per heavy atom. The molecule has 0 aliphatic rings. The van der Waals surface area contributed by atoms with Crippen LogP contribution in [-0.2, 0) is 4.74 Å². The summed E-state index contributed by atoms with van der Waals surface area (Å²) in [5.74, 6) is 1.73. The van der Waals surface area contributed by atoms with Crippen LogP contribution in [0.4, 0.5) is 4.79 Å². The first-order valence-corrected chi connectivity index (χ1v) is 6.46. The Kier molecular flexibility index (Phi) is 5.00. The van der Waals surface area contributed by atoms with Gasteiger partial charge < -0.3 is 20.2 Å². The Morgan fingerprint density at radius 2 is 2.11 bits per heavy atom. The van der Waals surface area contributed by atoms with Gasteiger partial charge in [-0.3, -0.25) is 0 Å². The number of hydrogen-bond acceptors (Lipinski definition) is 4. The number of ether oxygens (including phenoxy) is 1. The van der Waals surface area contributed by atoms with E-state index in [1.165, 1.54) is 0 Å². The van der Waals surface area contributed by atoms with E-state index in [4.69, 9.17) is 14.9 Å². The highest BCUT2D eigenvalue weighted by atomic mass is 16.6. The van der Waals surface area contributed by atoms with Crippen molar-refractivity contribution in [2.45, 2.75) is 46.1 Å². The molecule has 0 radical (unpaired) electrons. The third kappa shape index (κ3) is 4.95. The fraction of sp³-hybridized carbons (Fsp3) is 0.643. The van der Waals surface area contributed by atoms with Gasteiger partial charge in [-0.05, 0) is 46.2 Å². The fourth-order valence-electron chi connectivity index (χ4n) is 1.90. The zero-order valence-electron chi connectivity index (χ0n) is 12.4. The average molecular weight is 268 g/mol. The maximum Gasteiger partial charge on any atom is 0.407 e. The van der Waals surface area contributed by atoms with E-state index >= 15 is 0 Å². The molecule has 1 heterocycles. The quantitative estimate of drug-likeness (QED) is 0.879. The van der Waals surface area contributed by atoms with Crippen LogP contribution in [0.3, 0.4) is 0 Å². The molecule has 5 heteroatoms. The number of carbonyl (C=O) groups excluding carboxylic acids is 1. The molecule has 1 aromatic rings. The van der Waals surface area contributed by atoms with Crippen LogP contribution in [0.1, 0.15) is 43.8 Å². The van der Waals surface area contributed by atoms with Crippen LogP contribution in [0.2, 0.25) is 0 Å². The maximum absolute atomic E-state index is 11.6. The third-order valence-corrected chi connectivity index (χ3v) is 2.70. The van der Waals surface area contributed by atoms with Crippen molar-refractivity contribution in [1.29, 1.82) is 0 Å². The molecule has 1 unspecified atom stereocenters. The molecule has 108 valence electrons. The van der Waals surface area contributed by atoms with Crippen LogP contribution >= 0.6 is 0 Å². The van der Waals surface area contributed by atoms with Crippen LogP contribution in [0, 0.1) is 13.8 Å². The molecule has 0 saturated carbocycles. The molecule has 0 aliphatic carbocycles. The van der Waals surface area contributed by atoms with Crippen molar-refractivity contribution in [1.82, 2.24) is 5.32 Å². The van der Waals surface area contributed by atoms with Crippen molar-refractivity contribution >= 4 is 6.09 Å². The van der Waals surface area contributed by atoms with Gasteiger partial charge in [0, 0.05) is 19.0 Å². The van der Waals surface area contributed by atoms with Gasteiger partial charge in [0.25, 0.3) is 0 Å². The van der Waals surface area contributed by atoms with Crippen molar-refractivity contribution in [2.24, 2.45) is 5.73 Å². The molecular weight excluding hydrogens is 244 g/mol. The van der Waals surface area contributed by atoms with Crippen LogP contribution in [-0.4, -0.2) is 24.8 Å². The molecule has 0 bridgehead atoms. The normalized spacial score (nSPS) is 13.2. The zero-order chi connectivity index (χ0) is 14.6. The van der Waals surface area contributed by atoms with Crippen molar-refractivity contribution < 1.29 is 13.9 Å². The number of nitrogens with two attached hydrogens (primary N) is 1. The van der Waals surface area contributed by atoms with Crippen molar-refractivity contribution in [2.75, 3.05) is 13.1 Å². The van der Waals surface area contributed by atoms with Gasteiger partial charge in [0.15, 0.2) is 0 Å². The van der Waals surface area contributed by atoms with Gasteiger partial charge in [-0.1, -0.05) is 0 Å². The number of amides is 1. The first kappa shape index (κ1) is 15.6. The molecule has 5 nitrogen and oxygen atoms in total. The van der Waals surface area contributed by atoms with E-state index in [9.17, 15) is 4.79 Å². The lowest BCUT2D eigenvalue weighted by Gasteiger charge is -2.21. The smallest absolute Gasteiger partial charge is 0.407 e. The minimum absolute atomic E-state index is 0.0324. The van der Waals surface area contributed by atoms with E-state index in [0.717, 1.165) is 17.1 Å². The molecular formula is C14H24N2O3. The van der Waals surface area contributed by atoms with Crippen LogP contribution in [0.25, 0.3) is 0 Å². The fourth-order valence-corrected chi connectivity index (χ4v) is 1.90. The van der Waals surface area contributed by atoms with E-state index in [0.29, 0.717) is 13.1 Å². The van der Waals surface area contributed by atoms with E-state index in [-0.39, 0.29) is 5.92 Å². The lowest BCUT2D eigenvalue weighted by molar-refractivity contribution is 0.0524. The summed E-state index contributed by atoms with van der Waals surface area (Å²) in [4.78, 5) is 11.6. The van der Waals surface area contributed by atoms with Crippen LogP contribution < -0.4 is 11.1 Å². The highest BCUT2D eigenvalue weighted by Gasteiger charge is 2.19. The molecule has 0 fully saturated rings. The molecule has 0 saturated heterocycles. The highest BCUT2D eigenvalue weighted by Crippen LogP contribution is 2.22. The molecule has 0 aliphatic heterocycles. The summed E-state index contributed by atoms with van der Waals surface area (Å²) in [5, 5.41) is 2.74. The second kappa shape index (κ2) is 6.10. The minimum Gasteiger partial charge on any atom is -0.466 e. The summed E-state index contributed by atoms with van der Waals surface area (Å²) < 4.78 is 10.7. The SMILES string of the molecule is Cc1cc(C(CN)CNC(=O)OC(C)(C)C)c(C)o1. The summed E-state index contributed by atoms with van der Waals surface area (Å²) >= 11 is 0. The predicted molar refractivity (Wildman–Crippen MR) is 74.2 cm³/mol. The molecule has 3 N–H and O–H groups in total. The van der Waals surface area contributed by atoms with Gasteiger partial charge in [0.1, 0.15) is 17.1 Å². The Hall–Kier alpha value is -1.49. The second-order valence-electron chi connectivity index (χ2n) is 5.68. The summed E-state index contributed by atoms with van der Waals surface area (Å²) in [6.07, 6.45) is -0.427. The Labute approximate surface area is 114 Å². The standard InChI is InChI=1S/C14H24N2O3/c1-9-6-12(10(2)18-9)11(7-15)8-16-13(17)19-14(3,4)5/h6,11H,7-8,15H2,1-5H3,(H,16,17). The largest absolute Gasteiger partial charge is 0.466 e. The van der Waals surface area contributed by atoms with Crippen molar-refractivity contribution in [3.8, 4) is 0 Å². The Bertz CT molecular complexity index is 432. The lowest BCUT2D eigenvalue weighted by atomic mass is 10.00. The second-order valence-corrected chi connectivity index (χ2v) is 5.68. The van der Waals surface area contributed by atoms with Gasteiger partial charge in [-0.25, -0.2) is 4.79 Å². The predicted octanol–water partition coefficient (Wildman–Crippen LogP) is 2.46. The number of alkyl carbamates (subject to hydrolysis) is 1. The molecule has 19 heavy (non-hydrogen) atoms. The monoisotopic (exact) mass is 268 g/mol. The van der Waals surface area contributed by atoms with Gasteiger partial charge in [-0.2, -0.15) is 0 Å². The number of carbonyl (C=O) groups is 1. The molecule has 0 aromatic carbocycles. The molecule has 1 atom stereocenters. The van der Waals surface area contributed by atoms with Gasteiger partial charge in [0.05, 0.1) is 0 Å². The van der Waals surface area contributed by atoms with Gasteiger partial charge in [0.2, 0.25) is 0 Å². The Morgan fingerprint density at radius 1 is 1.47 bits per heavy atom. The third-order valence-electron chi connectivity index (χ3n) is 2.70. The summed E-state index contributed by atoms with van der Waals surface area (Å²) in [6.45, 7) is 10.2. The lowest BCUT2D eigenvalue weighted by Crippen LogP contribution is -2.36. The maximum atomic E-state index is 11.6. The number of hydrogen-bond donors (Lipinski definition) is 2. The highest BCUT2D eigenvalue weighted by molar-refractivity contribution is 5.67. The number of furan rings is 1. The average Bonchev–Trinajstić information content (AvgIpc) is 2.56. The number of rotatable bonds is 4. The first-order valence-electron chi connectivity index (χ1n) is 6.46. The molecule has 1 amide bonds. The summed E-state index contributed by atoms with van der Waals surface area (Å²) in [7, 11) is 0. The van der Waals surface area contributed by atoms with Crippen molar-refractivity contribution in [3.63, 3.8) is 0 Å². The number of nitrogens with one attached hydrogen (secondary N) is 1. The topological polar surface area (TPSA) is 77.5 Å². The van der Waals surface area contributed by atoms with E-state index in [1.807, 2.05) is 40.7 Å². The van der Waals surface area contributed by atoms with Crippen molar-refractivity contribution in [3.05, 3.63) is 23.2 Å².